The van der Waals surface area contributed by atoms with E-state index in [0.717, 1.165) is 26.2 Å². The molecule has 1 saturated carbocycles. The lowest BCUT2D eigenvalue weighted by atomic mass is 10.0. The van der Waals surface area contributed by atoms with Crippen LogP contribution in [0.1, 0.15) is 32.1 Å². The highest BCUT2D eigenvalue weighted by Crippen LogP contribution is 2.27. The van der Waals surface area contributed by atoms with Crippen molar-refractivity contribution in [2.75, 3.05) is 26.4 Å². The molecule has 0 radical (unpaired) electrons. The Kier molecular flexibility index (Phi) is 4.42. The number of aliphatic hydroxyl groups is 1. The molecule has 2 atom stereocenters. The lowest BCUT2D eigenvalue weighted by Gasteiger charge is -2.18. The molecule has 1 aliphatic carbocycles. The summed E-state index contributed by atoms with van der Waals surface area (Å²) >= 11 is 0. The third kappa shape index (κ3) is 3.44. The van der Waals surface area contributed by atoms with E-state index in [1.165, 1.54) is 25.7 Å². The maximum absolute atomic E-state index is 9.87. The first-order valence-electron chi connectivity index (χ1n) is 6.20. The Hall–Kier alpha value is -0.120. The van der Waals surface area contributed by atoms with Gasteiger partial charge in [0.1, 0.15) is 0 Å². The second kappa shape index (κ2) is 5.83. The molecular weight excluding hydrogens is 192 g/mol. The van der Waals surface area contributed by atoms with Crippen molar-refractivity contribution >= 4 is 0 Å². The molecule has 1 N–H and O–H groups in total. The van der Waals surface area contributed by atoms with Crippen LogP contribution in [-0.2, 0) is 9.47 Å². The van der Waals surface area contributed by atoms with Gasteiger partial charge in [0.2, 0.25) is 0 Å². The van der Waals surface area contributed by atoms with Crippen LogP contribution < -0.4 is 0 Å². The first-order chi connectivity index (χ1) is 7.36. The molecule has 3 heteroatoms. The predicted octanol–water partition coefficient (Wildman–Crippen LogP) is 1.59. The highest BCUT2D eigenvalue weighted by molar-refractivity contribution is 4.74. The largest absolute Gasteiger partial charge is 0.390 e. The van der Waals surface area contributed by atoms with Gasteiger partial charge in [-0.3, -0.25) is 0 Å². The highest BCUT2D eigenvalue weighted by Gasteiger charge is 2.23. The molecular formula is C12H22O3. The fraction of sp³-hybridized carbons (Fsp3) is 1.00. The Morgan fingerprint density at radius 3 is 2.73 bits per heavy atom. The second-order valence-corrected chi connectivity index (χ2v) is 4.88. The van der Waals surface area contributed by atoms with E-state index in [2.05, 4.69) is 0 Å². The van der Waals surface area contributed by atoms with Crippen molar-refractivity contribution in [3.05, 3.63) is 0 Å². The van der Waals surface area contributed by atoms with E-state index in [-0.39, 0.29) is 6.10 Å². The van der Waals surface area contributed by atoms with Crippen LogP contribution in [0.25, 0.3) is 0 Å². The van der Waals surface area contributed by atoms with E-state index in [1.807, 2.05) is 0 Å². The molecule has 0 aromatic carbocycles. The number of aliphatic hydroxyl groups excluding tert-OH is 1. The van der Waals surface area contributed by atoms with Gasteiger partial charge in [-0.2, -0.15) is 0 Å². The van der Waals surface area contributed by atoms with Crippen molar-refractivity contribution in [1.82, 2.24) is 0 Å². The topological polar surface area (TPSA) is 38.7 Å². The standard InChI is InChI=1S/C12H22O3/c13-12(11-3-1-2-4-11)9-15-8-10-5-6-14-7-10/h10-13H,1-9H2. The van der Waals surface area contributed by atoms with Crippen LogP contribution in [-0.4, -0.2) is 37.6 Å². The van der Waals surface area contributed by atoms with Gasteiger partial charge in [-0.25, -0.2) is 0 Å². The van der Waals surface area contributed by atoms with Crippen molar-refractivity contribution < 1.29 is 14.6 Å². The van der Waals surface area contributed by atoms with Gasteiger partial charge in [-0.1, -0.05) is 12.8 Å². The molecule has 1 aliphatic heterocycles. The summed E-state index contributed by atoms with van der Waals surface area (Å²) in [5, 5.41) is 9.87. The fourth-order valence-electron chi connectivity index (χ4n) is 2.55. The van der Waals surface area contributed by atoms with Gasteiger partial charge >= 0.3 is 0 Å². The summed E-state index contributed by atoms with van der Waals surface area (Å²) in [7, 11) is 0. The Bertz CT molecular complexity index is 172. The lowest BCUT2D eigenvalue weighted by molar-refractivity contribution is -0.00621. The van der Waals surface area contributed by atoms with Gasteiger partial charge in [-0.15, -0.1) is 0 Å². The average Bonchev–Trinajstić information content (AvgIpc) is 2.90. The van der Waals surface area contributed by atoms with Crippen molar-refractivity contribution in [1.29, 1.82) is 0 Å². The summed E-state index contributed by atoms with van der Waals surface area (Å²) in [6.45, 7) is 2.98. The Labute approximate surface area is 91.8 Å². The smallest absolute Gasteiger partial charge is 0.0801 e. The van der Waals surface area contributed by atoms with Crippen LogP contribution in [0.5, 0.6) is 0 Å². The molecule has 2 aliphatic rings. The molecule has 2 rings (SSSR count). The van der Waals surface area contributed by atoms with Crippen molar-refractivity contribution in [2.24, 2.45) is 11.8 Å². The van der Waals surface area contributed by atoms with E-state index in [0.29, 0.717) is 18.4 Å². The number of hydrogen-bond acceptors (Lipinski definition) is 3. The monoisotopic (exact) mass is 214 g/mol. The van der Waals surface area contributed by atoms with Crippen LogP contribution in [0, 0.1) is 11.8 Å². The summed E-state index contributed by atoms with van der Waals surface area (Å²) in [6, 6.07) is 0. The molecule has 3 nitrogen and oxygen atoms in total. The van der Waals surface area contributed by atoms with Crippen LogP contribution in [0.2, 0.25) is 0 Å². The number of rotatable bonds is 5. The number of hydrogen-bond donors (Lipinski definition) is 1. The van der Waals surface area contributed by atoms with Gasteiger partial charge in [-0.05, 0) is 25.2 Å². The van der Waals surface area contributed by atoms with Crippen molar-refractivity contribution in [3.8, 4) is 0 Å². The average molecular weight is 214 g/mol. The molecule has 0 amide bonds. The normalized spacial score (nSPS) is 29.8. The molecule has 0 spiro atoms. The SMILES string of the molecule is OC(COCC1CCOC1)C1CCCC1. The molecule has 0 aromatic rings. The first kappa shape index (κ1) is 11.4. The van der Waals surface area contributed by atoms with Crippen LogP contribution in [0.15, 0.2) is 0 Å². The summed E-state index contributed by atoms with van der Waals surface area (Å²) in [5.41, 5.74) is 0. The third-order valence-corrected chi connectivity index (χ3v) is 3.61. The van der Waals surface area contributed by atoms with E-state index in [4.69, 9.17) is 9.47 Å². The van der Waals surface area contributed by atoms with Gasteiger partial charge in [0.05, 0.1) is 25.9 Å². The minimum atomic E-state index is -0.241. The molecule has 0 bridgehead atoms. The van der Waals surface area contributed by atoms with E-state index in [1.54, 1.807) is 0 Å². The minimum absolute atomic E-state index is 0.241. The van der Waals surface area contributed by atoms with Crippen LogP contribution >= 0.6 is 0 Å². The minimum Gasteiger partial charge on any atom is -0.390 e. The zero-order valence-electron chi connectivity index (χ0n) is 9.36. The maximum Gasteiger partial charge on any atom is 0.0801 e. The van der Waals surface area contributed by atoms with Crippen LogP contribution in [0.4, 0.5) is 0 Å². The number of ether oxygens (including phenoxy) is 2. The van der Waals surface area contributed by atoms with Gasteiger partial charge < -0.3 is 14.6 Å². The highest BCUT2D eigenvalue weighted by atomic mass is 16.5. The molecule has 15 heavy (non-hydrogen) atoms. The zero-order valence-corrected chi connectivity index (χ0v) is 9.36. The first-order valence-corrected chi connectivity index (χ1v) is 6.20. The Balaban J connectivity index is 1.56. The second-order valence-electron chi connectivity index (χ2n) is 4.88. The summed E-state index contributed by atoms with van der Waals surface area (Å²) in [6.07, 6.45) is 5.78. The Morgan fingerprint density at radius 2 is 2.07 bits per heavy atom. The maximum atomic E-state index is 9.87. The summed E-state index contributed by atoms with van der Waals surface area (Å²) < 4.78 is 10.8. The van der Waals surface area contributed by atoms with Crippen molar-refractivity contribution in [2.45, 2.75) is 38.2 Å². The molecule has 1 heterocycles. The quantitative estimate of drug-likeness (QED) is 0.755. The van der Waals surface area contributed by atoms with E-state index < -0.39 is 0 Å². The predicted molar refractivity (Wildman–Crippen MR) is 57.7 cm³/mol. The van der Waals surface area contributed by atoms with Gasteiger partial charge in [0.25, 0.3) is 0 Å². The van der Waals surface area contributed by atoms with Crippen LogP contribution in [0.3, 0.4) is 0 Å². The van der Waals surface area contributed by atoms with Gasteiger partial charge in [0, 0.05) is 12.5 Å². The van der Waals surface area contributed by atoms with E-state index in [9.17, 15) is 5.11 Å². The molecule has 0 aromatic heterocycles. The van der Waals surface area contributed by atoms with Crippen molar-refractivity contribution in [3.63, 3.8) is 0 Å². The summed E-state index contributed by atoms with van der Waals surface area (Å²) in [5.74, 6) is 1.05. The molecule has 2 fully saturated rings. The zero-order chi connectivity index (χ0) is 10.5. The molecule has 2 unspecified atom stereocenters. The summed E-state index contributed by atoms with van der Waals surface area (Å²) in [4.78, 5) is 0. The molecule has 88 valence electrons. The fourth-order valence-corrected chi connectivity index (χ4v) is 2.55. The van der Waals surface area contributed by atoms with Gasteiger partial charge in [0.15, 0.2) is 0 Å². The third-order valence-electron chi connectivity index (χ3n) is 3.61. The van der Waals surface area contributed by atoms with E-state index >= 15 is 0 Å². The Morgan fingerprint density at radius 1 is 1.27 bits per heavy atom. The molecule has 1 saturated heterocycles. The lowest BCUT2D eigenvalue weighted by Crippen LogP contribution is -2.25.